The number of anilines is 1. The summed E-state index contributed by atoms with van der Waals surface area (Å²) in [5.74, 6) is 1.02. The Labute approximate surface area is 184 Å². The van der Waals surface area contributed by atoms with Crippen LogP contribution >= 0.6 is 35.2 Å². The van der Waals surface area contributed by atoms with Crippen molar-refractivity contribution in [2.45, 2.75) is 23.8 Å². The summed E-state index contributed by atoms with van der Waals surface area (Å²) < 4.78 is 53.3. The van der Waals surface area contributed by atoms with Crippen molar-refractivity contribution in [2.75, 3.05) is 25.2 Å². The van der Waals surface area contributed by atoms with Gasteiger partial charge in [0, 0.05) is 13.5 Å². The number of nitrogens with zero attached hydrogens (tertiary/aromatic N) is 4. The van der Waals surface area contributed by atoms with Crippen LogP contribution in [0, 0.1) is 0 Å². The Balaban J connectivity index is 1.70. The zero-order valence-electron chi connectivity index (χ0n) is 16.3. The first-order valence-electron chi connectivity index (χ1n) is 8.65. The van der Waals surface area contributed by atoms with E-state index < -0.39 is 41.0 Å². The number of hydrogen-bond acceptors (Lipinski definition) is 12. The van der Waals surface area contributed by atoms with E-state index >= 15 is 0 Å². The molecular formula is C12H20N5O11P3S. The van der Waals surface area contributed by atoms with E-state index in [-0.39, 0.29) is 12.2 Å². The second-order valence-corrected chi connectivity index (χ2v) is 12.4. The van der Waals surface area contributed by atoms with Crippen LogP contribution in [0.1, 0.15) is 12.8 Å². The van der Waals surface area contributed by atoms with Crippen LogP contribution < -0.4 is 5.73 Å². The Bertz CT molecular complexity index is 1120. The number of phosphoric ester groups is 1. The Morgan fingerprint density at radius 1 is 1.19 bits per heavy atom. The minimum Gasteiger partial charge on any atom is -0.382 e. The lowest BCUT2D eigenvalue weighted by atomic mass is 10.0. The Morgan fingerprint density at radius 3 is 2.44 bits per heavy atom. The smallest absolute Gasteiger partial charge is 0.382 e. The van der Waals surface area contributed by atoms with Crippen molar-refractivity contribution in [2.24, 2.45) is 0 Å². The van der Waals surface area contributed by atoms with Crippen molar-refractivity contribution < 1.29 is 51.2 Å². The topological polar surface area (TPSA) is 239 Å². The molecule has 3 heterocycles. The monoisotopic (exact) mass is 535 g/mol. The fourth-order valence-corrected chi connectivity index (χ4v) is 7.29. The molecule has 16 nitrogen and oxygen atoms in total. The van der Waals surface area contributed by atoms with Gasteiger partial charge in [-0.1, -0.05) is 0 Å². The number of nitrogen functional groups attached to an aromatic ring is 1. The van der Waals surface area contributed by atoms with E-state index in [2.05, 4.69) is 23.6 Å². The molecule has 2 aromatic rings. The summed E-state index contributed by atoms with van der Waals surface area (Å²) in [5, 5.41) is 0. The molecule has 1 fully saturated rings. The van der Waals surface area contributed by atoms with Crippen LogP contribution in [0.25, 0.3) is 11.2 Å². The molecule has 2 unspecified atom stereocenters. The van der Waals surface area contributed by atoms with Gasteiger partial charge in [0.2, 0.25) is 0 Å². The molecule has 0 spiro atoms. The molecule has 6 N–H and O–H groups in total. The van der Waals surface area contributed by atoms with Gasteiger partial charge in [-0.15, -0.1) is 11.8 Å². The maximum Gasteiger partial charge on any atom is 0.490 e. The largest absolute Gasteiger partial charge is 0.490 e. The highest BCUT2D eigenvalue weighted by molar-refractivity contribution is 8.01. The predicted octanol–water partition coefficient (Wildman–Crippen LogP) is 0.947. The van der Waals surface area contributed by atoms with Crippen molar-refractivity contribution in [1.29, 1.82) is 0 Å². The Morgan fingerprint density at radius 2 is 1.88 bits per heavy atom. The highest BCUT2D eigenvalue weighted by Gasteiger charge is 2.45. The summed E-state index contributed by atoms with van der Waals surface area (Å²) in [6.07, 6.45) is 2.98. The molecule has 1 aliphatic rings. The highest BCUT2D eigenvalue weighted by Crippen LogP contribution is 2.66. The SMILES string of the molecule is CO[C@H](COP(=O)(O)OP(=O)(O)OP(=O)(O)O)C[C@@]1(n2cnc3c(N)ncnc32)CCS1. The zero-order valence-corrected chi connectivity index (χ0v) is 19.8. The standard InChI is InChI=1S/C12H20N5O11P3S/c1-25-8(5-26-30(21,22)28-31(23,24)27-29(18,19)20)4-12(2-3-32-12)17-7-16-9-10(13)14-6-15-11(9)17/h6-8H,2-5H2,1H3,(H,21,22)(H,23,24)(H2,13,14,15)(H2,18,19,20)/t8-,12+/m0/s1. The number of ether oxygens (including phenoxy) is 1. The van der Waals surface area contributed by atoms with Gasteiger partial charge in [-0.3, -0.25) is 9.09 Å². The van der Waals surface area contributed by atoms with Gasteiger partial charge in [0.25, 0.3) is 0 Å². The summed E-state index contributed by atoms with van der Waals surface area (Å²) in [7, 11) is -15.0. The van der Waals surface area contributed by atoms with Gasteiger partial charge in [0.05, 0.1) is 23.9 Å². The average Bonchev–Trinajstić information content (AvgIpc) is 3.03. The molecule has 1 saturated heterocycles. The van der Waals surface area contributed by atoms with Gasteiger partial charge in [-0.25, -0.2) is 28.6 Å². The average molecular weight is 535 g/mol. The molecule has 4 atom stereocenters. The number of rotatable bonds is 11. The summed E-state index contributed by atoms with van der Waals surface area (Å²) in [4.78, 5) is 47.8. The lowest BCUT2D eigenvalue weighted by Crippen LogP contribution is -2.42. The van der Waals surface area contributed by atoms with Crippen molar-refractivity contribution in [3.05, 3.63) is 12.7 Å². The number of imidazole rings is 1. The molecule has 2 aromatic heterocycles. The maximum atomic E-state index is 12.0. The lowest BCUT2D eigenvalue weighted by molar-refractivity contribution is 0.0249. The third-order valence-electron chi connectivity index (χ3n) is 4.38. The van der Waals surface area contributed by atoms with E-state index in [0.29, 0.717) is 17.6 Å². The molecular weight excluding hydrogens is 515 g/mol. The first-order chi connectivity index (χ1) is 14.8. The lowest BCUT2D eigenvalue weighted by Gasteiger charge is -2.44. The van der Waals surface area contributed by atoms with Gasteiger partial charge in [-0.2, -0.15) is 8.62 Å². The fraction of sp³-hybridized carbons (Fsp3) is 0.583. The van der Waals surface area contributed by atoms with Crippen molar-refractivity contribution in [3.8, 4) is 0 Å². The van der Waals surface area contributed by atoms with Crippen LogP contribution in [0.4, 0.5) is 5.82 Å². The minimum atomic E-state index is -5.60. The van der Waals surface area contributed by atoms with Crippen molar-refractivity contribution >= 4 is 52.2 Å². The van der Waals surface area contributed by atoms with Crippen LogP contribution in [0.15, 0.2) is 12.7 Å². The van der Waals surface area contributed by atoms with E-state index in [1.54, 1.807) is 22.7 Å². The van der Waals surface area contributed by atoms with Gasteiger partial charge in [-0.05, 0) is 12.2 Å². The molecule has 0 amide bonds. The zero-order chi connectivity index (χ0) is 23.8. The van der Waals surface area contributed by atoms with Crippen LogP contribution in [0.5, 0.6) is 0 Å². The van der Waals surface area contributed by atoms with Gasteiger partial charge < -0.3 is 30.0 Å². The van der Waals surface area contributed by atoms with Gasteiger partial charge in [0.1, 0.15) is 11.8 Å². The molecule has 3 rings (SSSR count). The molecule has 0 radical (unpaired) electrons. The molecule has 20 heteroatoms. The van der Waals surface area contributed by atoms with E-state index in [4.69, 9.17) is 24.8 Å². The maximum absolute atomic E-state index is 12.0. The second-order valence-electron chi connectivity index (χ2n) is 6.54. The van der Waals surface area contributed by atoms with Crippen LogP contribution in [-0.2, 0) is 36.4 Å². The van der Waals surface area contributed by atoms with E-state index in [1.165, 1.54) is 13.4 Å². The second kappa shape index (κ2) is 9.37. The quantitative estimate of drug-likeness (QED) is 0.252. The first kappa shape index (κ1) is 25.7. The summed E-state index contributed by atoms with van der Waals surface area (Å²) in [5.41, 5.74) is 6.74. The number of phosphoric acid groups is 3. The Kier molecular flexibility index (Phi) is 7.52. The van der Waals surface area contributed by atoms with E-state index in [1.807, 2.05) is 0 Å². The predicted molar refractivity (Wildman–Crippen MR) is 110 cm³/mol. The van der Waals surface area contributed by atoms with Crippen LogP contribution in [-0.4, -0.2) is 64.7 Å². The summed E-state index contributed by atoms with van der Waals surface area (Å²) in [6, 6.07) is 0. The Hall–Kier alpha value is -0.930. The molecule has 180 valence electrons. The molecule has 0 bridgehead atoms. The summed E-state index contributed by atoms with van der Waals surface area (Å²) in [6.45, 7) is -0.563. The van der Waals surface area contributed by atoms with Gasteiger partial charge >= 0.3 is 23.5 Å². The number of methoxy groups -OCH3 is 1. The third kappa shape index (κ3) is 6.14. The number of hydrogen-bond donors (Lipinski definition) is 5. The molecule has 0 aliphatic carbocycles. The highest BCUT2D eigenvalue weighted by atomic mass is 32.2. The molecule has 1 aliphatic heterocycles. The number of thioether (sulfide) groups is 1. The van der Waals surface area contributed by atoms with E-state index in [0.717, 1.165) is 5.75 Å². The molecule has 0 aromatic carbocycles. The fourth-order valence-electron chi connectivity index (χ4n) is 2.98. The van der Waals surface area contributed by atoms with Crippen LogP contribution in [0.2, 0.25) is 0 Å². The normalized spacial score (nSPS) is 23.9. The number of aromatic nitrogens is 4. The van der Waals surface area contributed by atoms with E-state index in [9.17, 15) is 23.5 Å². The third-order valence-corrected chi connectivity index (χ3v) is 9.70. The van der Waals surface area contributed by atoms with Crippen molar-refractivity contribution in [3.63, 3.8) is 0 Å². The summed E-state index contributed by atoms with van der Waals surface area (Å²) >= 11 is 1.56. The molecule has 32 heavy (non-hydrogen) atoms. The number of nitrogens with two attached hydrogens (primary N) is 1. The van der Waals surface area contributed by atoms with Gasteiger partial charge in [0.15, 0.2) is 11.5 Å². The van der Waals surface area contributed by atoms with Crippen LogP contribution in [0.3, 0.4) is 0 Å². The van der Waals surface area contributed by atoms with Crippen molar-refractivity contribution in [1.82, 2.24) is 19.5 Å². The first-order valence-corrected chi connectivity index (χ1v) is 14.2. The molecule has 0 saturated carbocycles. The minimum absolute atomic E-state index is 0.212. The number of fused-ring (bicyclic) bond motifs is 1.